The van der Waals surface area contributed by atoms with Gasteiger partial charge in [0.15, 0.2) is 0 Å². The molecule has 5 N–H and O–H groups in total. The highest BCUT2D eigenvalue weighted by Gasteiger charge is 2.12. The van der Waals surface area contributed by atoms with Gasteiger partial charge in [-0.25, -0.2) is 9.59 Å². The maximum atomic E-state index is 10.2. The van der Waals surface area contributed by atoms with Gasteiger partial charge >= 0.3 is 17.9 Å². The van der Waals surface area contributed by atoms with E-state index in [9.17, 15) is 14.4 Å². The summed E-state index contributed by atoms with van der Waals surface area (Å²) in [5, 5.41) is 24.5. The topological polar surface area (TPSA) is 143 Å². The van der Waals surface area contributed by atoms with Gasteiger partial charge in [-0.1, -0.05) is 0 Å². The van der Waals surface area contributed by atoms with Gasteiger partial charge < -0.3 is 20.8 Å². The van der Waals surface area contributed by atoms with Crippen molar-refractivity contribution in [2.24, 2.45) is 0 Å². The van der Waals surface area contributed by atoms with E-state index in [1.807, 2.05) is 0 Å². The van der Waals surface area contributed by atoms with Crippen LogP contribution in [0.3, 0.4) is 0 Å². The molecule has 7 heteroatoms. The quantitative estimate of drug-likeness (QED) is 0.474. The molecule has 0 aromatic rings. The molecule has 74 valence electrons. The molecule has 0 rings (SSSR count). The SMILES string of the molecule is O.O=C(O)C=C(CC(=O)O)C(=O)O. The van der Waals surface area contributed by atoms with Crippen LogP contribution < -0.4 is 0 Å². The van der Waals surface area contributed by atoms with Gasteiger partial charge in [0.05, 0.1) is 12.0 Å². The van der Waals surface area contributed by atoms with Crippen molar-refractivity contribution < 1.29 is 35.2 Å². The first-order valence-electron chi connectivity index (χ1n) is 2.82. The van der Waals surface area contributed by atoms with Gasteiger partial charge in [-0.15, -0.1) is 0 Å². The number of aliphatic carboxylic acids is 3. The second kappa shape index (κ2) is 5.72. The van der Waals surface area contributed by atoms with Crippen molar-refractivity contribution in [3.8, 4) is 0 Å². The highest BCUT2D eigenvalue weighted by Crippen LogP contribution is 2.00. The Morgan fingerprint density at radius 3 is 1.77 bits per heavy atom. The van der Waals surface area contributed by atoms with Crippen molar-refractivity contribution in [3.05, 3.63) is 11.6 Å². The molecule has 0 amide bonds. The van der Waals surface area contributed by atoms with Gasteiger partial charge in [-0.2, -0.15) is 0 Å². The van der Waals surface area contributed by atoms with Crippen molar-refractivity contribution in [2.45, 2.75) is 6.42 Å². The lowest BCUT2D eigenvalue weighted by Crippen LogP contribution is -2.08. The Kier molecular flexibility index (Phi) is 6.02. The van der Waals surface area contributed by atoms with Crippen molar-refractivity contribution in [3.63, 3.8) is 0 Å². The molecule has 7 nitrogen and oxygen atoms in total. The highest BCUT2D eigenvalue weighted by molar-refractivity contribution is 5.98. The molecular weight excluding hydrogens is 184 g/mol. The standard InChI is InChI=1S/C6H6O6.H2O/c7-4(8)1-3(6(11)12)2-5(9)10;/h1H,2H2,(H,7,8)(H,9,10)(H,11,12);1H2. The lowest BCUT2D eigenvalue weighted by Gasteiger charge is -1.94. The predicted octanol–water partition coefficient (Wildman–Crippen LogP) is -1.27. The summed E-state index contributed by atoms with van der Waals surface area (Å²) in [7, 11) is 0. The third-order valence-corrected chi connectivity index (χ3v) is 0.914. The average molecular weight is 192 g/mol. The molecule has 0 fully saturated rings. The minimum Gasteiger partial charge on any atom is -0.481 e. The fraction of sp³-hybridized carbons (Fsp3) is 0.167. The van der Waals surface area contributed by atoms with E-state index in [1.165, 1.54) is 0 Å². The number of hydrogen-bond acceptors (Lipinski definition) is 3. The second-order valence-corrected chi connectivity index (χ2v) is 1.88. The molecule has 0 aliphatic heterocycles. The normalized spacial score (nSPS) is 10.0. The van der Waals surface area contributed by atoms with E-state index in [-0.39, 0.29) is 5.48 Å². The van der Waals surface area contributed by atoms with Crippen LogP contribution in [0.15, 0.2) is 11.6 Å². The summed E-state index contributed by atoms with van der Waals surface area (Å²) in [5.41, 5.74) is -0.657. The maximum Gasteiger partial charge on any atom is 0.332 e. The molecule has 0 aliphatic carbocycles. The van der Waals surface area contributed by atoms with Crippen LogP contribution >= 0.6 is 0 Å². The third kappa shape index (κ3) is 6.51. The monoisotopic (exact) mass is 192 g/mol. The minimum absolute atomic E-state index is 0. The Bertz CT molecular complexity index is 252. The average Bonchev–Trinajstić information content (AvgIpc) is 1.83. The number of carboxylic acids is 3. The largest absolute Gasteiger partial charge is 0.481 e. The Balaban J connectivity index is 0. The summed E-state index contributed by atoms with van der Waals surface area (Å²) < 4.78 is 0. The van der Waals surface area contributed by atoms with Gasteiger partial charge in [0, 0.05) is 6.08 Å². The van der Waals surface area contributed by atoms with Crippen LogP contribution in [0.2, 0.25) is 0 Å². The van der Waals surface area contributed by atoms with E-state index in [4.69, 9.17) is 15.3 Å². The fourth-order valence-electron chi connectivity index (χ4n) is 0.500. The van der Waals surface area contributed by atoms with Crippen LogP contribution in [-0.4, -0.2) is 38.7 Å². The zero-order valence-electron chi connectivity index (χ0n) is 6.35. The molecule has 0 bridgehead atoms. The van der Waals surface area contributed by atoms with Crippen LogP contribution in [0, 0.1) is 0 Å². The summed E-state index contributed by atoms with van der Waals surface area (Å²) in [6.07, 6.45) is -0.446. The van der Waals surface area contributed by atoms with Crippen molar-refractivity contribution in [1.82, 2.24) is 0 Å². The molecule has 0 aromatic carbocycles. The lowest BCUT2D eigenvalue weighted by atomic mass is 10.2. The Morgan fingerprint density at radius 2 is 1.54 bits per heavy atom. The smallest absolute Gasteiger partial charge is 0.332 e. The van der Waals surface area contributed by atoms with E-state index in [2.05, 4.69) is 0 Å². The van der Waals surface area contributed by atoms with Crippen LogP contribution in [0.25, 0.3) is 0 Å². The third-order valence-electron chi connectivity index (χ3n) is 0.914. The Morgan fingerprint density at radius 1 is 1.08 bits per heavy atom. The molecule has 0 radical (unpaired) electrons. The first-order valence-corrected chi connectivity index (χ1v) is 2.82. The molecule has 0 heterocycles. The molecule has 0 spiro atoms. The molecule has 0 atom stereocenters. The summed E-state index contributed by atoms with van der Waals surface area (Å²) in [6, 6.07) is 0. The number of hydrogen-bond donors (Lipinski definition) is 3. The summed E-state index contributed by atoms with van der Waals surface area (Å²) in [6.45, 7) is 0. The van der Waals surface area contributed by atoms with Crippen LogP contribution in [0.5, 0.6) is 0 Å². The van der Waals surface area contributed by atoms with Gasteiger partial charge in [0.1, 0.15) is 0 Å². The van der Waals surface area contributed by atoms with Crippen LogP contribution in [0.4, 0.5) is 0 Å². The first-order chi connectivity index (χ1) is 5.43. The van der Waals surface area contributed by atoms with Crippen molar-refractivity contribution in [1.29, 1.82) is 0 Å². The van der Waals surface area contributed by atoms with Gasteiger partial charge in [0.25, 0.3) is 0 Å². The summed E-state index contributed by atoms with van der Waals surface area (Å²) in [4.78, 5) is 30.1. The Labute approximate surface area is 72.2 Å². The van der Waals surface area contributed by atoms with Crippen LogP contribution in [-0.2, 0) is 14.4 Å². The molecule has 0 aromatic heterocycles. The summed E-state index contributed by atoms with van der Waals surface area (Å²) in [5.74, 6) is -4.40. The number of rotatable bonds is 4. The zero-order valence-corrected chi connectivity index (χ0v) is 6.35. The first kappa shape index (κ1) is 13.7. The lowest BCUT2D eigenvalue weighted by molar-refractivity contribution is -0.140. The summed E-state index contributed by atoms with van der Waals surface area (Å²) >= 11 is 0. The van der Waals surface area contributed by atoms with Crippen molar-refractivity contribution in [2.75, 3.05) is 0 Å². The maximum absolute atomic E-state index is 10.2. The molecular formula is C6H8O7. The van der Waals surface area contributed by atoms with Crippen molar-refractivity contribution >= 4 is 17.9 Å². The second-order valence-electron chi connectivity index (χ2n) is 1.88. The zero-order chi connectivity index (χ0) is 9.72. The van der Waals surface area contributed by atoms with E-state index in [1.54, 1.807) is 0 Å². The molecule has 0 unspecified atom stereocenters. The number of carbonyl (C=O) groups is 3. The van der Waals surface area contributed by atoms with E-state index in [0.29, 0.717) is 6.08 Å². The van der Waals surface area contributed by atoms with Gasteiger partial charge in [0.2, 0.25) is 0 Å². The van der Waals surface area contributed by atoms with Crippen LogP contribution in [0.1, 0.15) is 6.42 Å². The predicted molar refractivity (Wildman–Crippen MR) is 39.2 cm³/mol. The van der Waals surface area contributed by atoms with E-state index < -0.39 is 29.9 Å². The van der Waals surface area contributed by atoms with Gasteiger partial charge in [-0.05, 0) is 0 Å². The fourth-order valence-corrected chi connectivity index (χ4v) is 0.500. The van der Waals surface area contributed by atoms with E-state index in [0.717, 1.165) is 0 Å². The van der Waals surface area contributed by atoms with Gasteiger partial charge in [-0.3, -0.25) is 4.79 Å². The molecule has 0 saturated carbocycles. The Hall–Kier alpha value is -1.89. The molecule has 0 aliphatic rings. The number of carboxylic acid groups (broad SMARTS) is 3. The minimum atomic E-state index is -1.54. The molecule has 0 saturated heterocycles. The van der Waals surface area contributed by atoms with E-state index >= 15 is 0 Å². The molecule has 13 heavy (non-hydrogen) atoms. The highest BCUT2D eigenvalue weighted by atomic mass is 16.4.